The normalized spacial score (nSPS) is 29.5. The molecule has 1 aliphatic heterocycles. The van der Waals surface area contributed by atoms with E-state index in [4.69, 9.17) is 4.74 Å². The van der Waals surface area contributed by atoms with Gasteiger partial charge in [-0.15, -0.1) is 0 Å². The summed E-state index contributed by atoms with van der Waals surface area (Å²) in [4.78, 5) is 53.7. The first kappa shape index (κ1) is 22.8. The van der Waals surface area contributed by atoms with E-state index in [2.05, 4.69) is 32.2 Å². The number of amides is 4. The topological polar surface area (TPSA) is 96.0 Å². The van der Waals surface area contributed by atoms with Crippen molar-refractivity contribution in [2.75, 3.05) is 13.2 Å². The summed E-state index contributed by atoms with van der Waals surface area (Å²) >= 11 is 0. The Morgan fingerprint density at radius 1 is 1.22 bits per heavy atom. The summed E-state index contributed by atoms with van der Waals surface area (Å²) in [6.07, 6.45) is 10.2. The molecule has 2 saturated carbocycles. The van der Waals surface area contributed by atoms with E-state index >= 15 is 0 Å². The molecule has 2 unspecified atom stereocenters. The van der Waals surface area contributed by atoms with Crippen molar-refractivity contribution in [2.45, 2.75) is 90.1 Å². The van der Waals surface area contributed by atoms with Gasteiger partial charge in [-0.3, -0.25) is 19.3 Å². The van der Waals surface area contributed by atoms with Crippen LogP contribution in [0.3, 0.4) is 0 Å². The lowest BCUT2D eigenvalue weighted by Gasteiger charge is -2.43. The molecule has 32 heavy (non-hydrogen) atoms. The zero-order valence-corrected chi connectivity index (χ0v) is 19.4. The number of carbonyl (C=O) groups excluding carboxylic acids is 4. The average Bonchev–Trinajstić information content (AvgIpc) is 3.51. The monoisotopic (exact) mass is 445 g/mol. The SMILES string of the molecule is CC1CC(C)(C)CC2(C1)NC(=O)N(CC(=O)OCC(=O)N(C1=CCCCC1)C1CC1)C2=O. The highest BCUT2D eigenvalue weighted by Gasteiger charge is 2.56. The standard InChI is InChI=1S/C24H35N3O5/c1-16-11-23(2,3)15-24(12-16)21(30)26(22(31)25-24)13-20(29)32-14-19(28)27(18-9-10-18)17-7-5-4-6-8-17/h7,16,18H,4-6,8-15H2,1-3H3,(H,25,31). The summed E-state index contributed by atoms with van der Waals surface area (Å²) in [6, 6.07) is -0.358. The van der Waals surface area contributed by atoms with E-state index < -0.39 is 24.1 Å². The Morgan fingerprint density at radius 2 is 1.97 bits per heavy atom. The third kappa shape index (κ3) is 4.69. The van der Waals surface area contributed by atoms with Crippen molar-refractivity contribution in [3.63, 3.8) is 0 Å². The summed E-state index contributed by atoms with van der Waals surface area (Å²) in [5.41, 5.74) is -0.00125. The Morgan fingerprint density at radius 3 is 2.59 bits per heavy atom. The van der Waals surface area contributed by atoms with Crippen LogP contribution in [-0.4, -0.2) is 58.3 Å². The second kappa shape index (κ2) is 8.52. The number of rotatable bonds is 6. The lowest BCUT2D eigenvalue weighted by molar-refractivity contribution is -0.153. The number of imide groups is 1. The van der Waals surface area contributed by atoms with Gasteiger partial charge in [0, 0.05) is 11.7 Å². The minimum absolute atomic E-state index is 0.0797. The average molecular weight is 446 g/mol. The third-order valence-corrected chi connectivity index (χ3v) is 7.03. The van der Waals surface area contributed by atoms with E-state index in [9.17, 15) is 19.2 Å². The van der Waals surface area contributed by atoms with Gasteiger partial charge in [0.2, 0.25) is 0 Å². The number of hydrogen-bond donors (Lipinski definition) is 1. The zero-order chi connectivity index (χ0) is 23.1. The minimum atomic E-state index is -0.954. The first-order valence-corrected chi connectivity index (χ1v) is 11.9. The van der Waals surface area contributed by atoms with Crippen LogP contribution < -0.4 is 5.32 Å². The highest BCUT2D eigenvalue weighted by molar-refractivity contribution is 6.08. The summed E-state index contributed by atoms with van der Waals surface area (Å²) in [5, 5.41) is 2.86. The van der Waals surface area contributed by atoms with Crippen LogP contribution in [0.4, 0.5) is 4.79 Å². The molecule has 0 radical (unpaired) electrons. The predicted molar refractivity (Wildman–Crippen MR) is 117 cm³/mol. The van der Waals surface area contributed by atoms with Gasteiger partial charge in [-0.2, -0.15) is 0 Å². The van der Waals surface area contributed by atoms with Crippen molar-refractivity contribution < 1.29 is 23.9 Å². The van der Waals surface area contributed by atoms with Gasteiger partial charge in [-0.05, 0) is 69.1 Å². The summed E-state index contributed by atoms with van der Waals surface area (Å²) in [6.45, 7) is 5.43. The molecule has 3 aliphatic carbocycles. The molecule has 3 fully saturated rings. The molecule has 8 heteroatoms. The lowest BCUT2D eigenvalue weighted by atomic mass is 9.64. The fraction of sp³-hybridized carbons (Fsp3) is 0.750. The summed E-state index contributed by atoms with van der Waals surface area (Å²) < 4.78 is 5.22. The zero-order valence-electron chi connectivity index (χ0n) is 19.4. The number of nitrogens with one attached hydrogen (secondary N) is 1. The predicted octanol–water partition coefficient (Wildman–Crippen LogP) is 3.12. The van der Waals surface area contributed by atoms with Gasteiger partial charge in [0.15, 0.2) is 6.61 Å². The van der Waals surface area contributed by atoms with E-state index in [1.165, 1.54) is 0 Å². The molecule has 176 valence electrons. The van der Waals surface area contributed by atoms with Crippen LogP contribution in [0, 0.1) is 11.3 Å². The largest absolute Gasteiger partial charge is 0.454 e. The Hall–Kier alpha value is -2.38. The molecule has 4 aliphatic rings. The van der Waals surface area contributed by atoms with Crippen LogP contribution in [0.1, 0.15) is 78.6 Å². The van der Waals surface area contributed by atoms with Gasteiger partial charge in [-0.1, -0.05) is 26.8 Å². The van der Waals surface area contributed by atoms with Gasteiger partial charge >= 0.3 is 12.0 Å². The highest BCUT2D eigenvalue weighted by atomic mass is 16.5. The maximum absolute atomic E-state index is 13.2. The molecule has 1 N–H and O–H groups in total. The van der Waals surface area contributed by atoms with Crippen LogP contribution in [0.25, 0.3) is 0 Å². The molecule has 4 amide bonds. The maximum atomic E-state index is 13.2. The number of ether oxygens (including phenoxy) is 1. The molecule has 4 rings (SSSR count). The van der Waals surface area contributed by atoms with Crippen LogP contribution in [0.15, 0.2) is 11.8 Å². The highest BCUT2D eigenvalue weighted by Crippen LogP contribution is 2.46. The minimum Gasteiger partial charge on any atom is -0.454 e. The molecule has 0 bridgehead atoms. The van der Waals surface area contributed by atoms with Crippen molar-refractivity contribution in [3.05, 3.63) is 11.8 Å². The molecule has 1 heterocycles. The van der Waals surface area contributed by atoms with E-state index in [1.54, 1.807) is 4.90 Å². The molecular weight excluding hydrogens is 410 g/mol. The first-order chi connectivity index (χ1) is 15.1. The van der Waals surface area contributed by atoms with Crippen LogP contribution in [0.5, 0.6) is 0 Å². The van der Waals surface area contributed by atoms with Crippen LogP contribution in [0.2, 0.25) is 0 Å². The van der Waals surface area contributed by atoms with Gasteiger partial charge in [0.05, 0.1) is 0 Å². The molecule has 1 spiro atoms. The number of urea groups is 1. The summed E-state index contributed by atoms with van der Waals surface area (Å²) in [7, 11) is 0. The maximum Gasteiger partial charge on any atom is 0.326 e. The van der Waals surface area contributed by atoms with Gasteiger partial charge in [-0.25, -0.2) is 4.79 Å². The molecule has 0 aromatic carbocycles. The van der Waals surface area contributed by atoms with E-state index in [-0.39, 0.29) is 35.8 Å². The number of nitrogens with zero attached hydrogens (tertiary/aromatic N) is 2. The van der Waals surface area contributed by atoms with Crippen molar-refractivity contribution in [1.29, 1.82) is 0 Å². The smallest absolute Gasteiger partial charge is 0.326 e. The van der Waals surface area contributed by atoms with Gasteiger partial charge in [0.1, 0.15) is 12.1 Å². The van der Waals surface area contributed by atoms with E-state index in [0.29, 0.717) is 12.8 Å². The number of allylic oxidation sites excluding steroid dienone is 2. The Labute approximate surface area is 189 Å². The number of carbonyl (C=O) groups is 4. The van der Waals surface area contributed by atoms with Crippen molar-refractivity contribution in [2.24, 2.45) is 11.3 Å². The number of hydrogen-bond acceptors (Lipinski definition) is 5. The van der Waals surface area contributed by atoms with Crippen molar-refractivity contribution in [3.8, 4) is 0 Å². The molecular formula is C24H35N3O5. The van der Waals surface area contributed by atoms with Crippen molar-refractivity contribution >= 4 is 23.8 Å². The Kier molecular flexibility index (Phi) is 6.07. The van der Waals surface area contributed by atoms with E-state index in [1.807, 2.05) is 0 Å². The lowest BCUT2D eigenvalue weighted by Crippen LogP contribution is -2.54. The Bertz CT molecular complexity index is 847. The molecule has 0 aromatic heterocycles. The summed E-state index contributed by atoms with van der Waals surface area (Å²) in [5.74, 6) is -1.05. The van der Waals surface area contributed by atoms with Crippen LogP contribution >= 0.6 is 0 Å². The fourth-order valence-corrected chi connectivity index (χ4v) is 6.01. The van der Waals surface area contributed by atoms with Gasteiger partial charge < -0.3 is 15.0 Å². The van der Waals surface area contributed by atoms with Crippen molar-refractivity contribution in [1.82, 2.24) is 15.1 Å². The van der Waals surface area contributed by atoms with E-state index in [0.717, 1.165) is 55.5 Å². The molecule has 0 aromatic rings. The van der Waals surface area contributed by atoms with Crippen LogP contribution in [-0.2, 0) is 19.1 Å². The first-order valence-electron chi connectivity index (χ1n) is 11.9. The molecule has 1 saturated heterocycles. The van der Waals surface area contributed by atoms with Gasteiger partial charge in [0.25, 0.3) is 11.8 Å². The third-order valence-electron chi connectivity index (χ3n) is 7.03. The Balaban J connectivity index is 1.35. The fourth-order valence-electron chi connectivity index (χ4n) is 6.01. The molecule has 8 nitrogen and oxygen atoms in total. The quantitative estimate of drug-likeness (QED) is 0.501. The second-order valence-corrected chi connectivity index (χ2v) is 10.9. The molecule has 2 atom stereocenters. The number of esters is 1. The second-order valence-electron chi connectivity index (χ2n) is 10.9.